The third-order valence-electron chi connectivity index (χ3n) is 4.39. The fraction of sp³-hybridized carbons (Fsp3) is 0.556. The molecule has 0 bridgehead atoms. The molecule has 0 unspecified atom stereocenters. The van der Waals surface area contributed by atoms with Crippen LogP contribution in [0.15, 0.2) is 28.7 Å². The summed E-state index contributed by atoms with van der Waals surface area (Å²) in [6.07, 6.45) is 0.949. The molecule has 1 saturated heterocycles. The van der Waals surface area contributed by atoms with Crippen LogP contribution >= 0.6 is 15.9 Å². The van der Waals surface area contributed by atoms with Gasteiger partial charge in [-0.3, -0.25) is 19.4 Å². The maximum absolute atomic E-state index is 12.4. The highest BCUT2D eigenvalue weighted by Gasteiger charge is 2.26. The Morgan fingerprint density at radius 3 is 2.40 bits per heavy atom. The lowest BCUT2D eigenvalue weighted by atomic mass is 10.2. The molecule has 25 heavy (non-hydrogen) atoms. The Morgan fingerprint density at radius 1 is 1.16 bits per heavy atom. The second-order valence-electron chi connectivity index (χ2n) is 6.33. The Labute approximate surface area is 158 Å². The van der Waals surface area contributed by atoms with Crippen molar-refractivity contribution >= 4 is 33.4 Å². The molecule has 1 heterocycles. The van der Waals surface area contributed by atoms with Gasteiger partial charge in [-0.15, -0.1) is 0 Å². The normalized spacial score (nSPS) is 17.1. The van der Waals surface area contributed by atoms with Gasteiger partial charge in [-0.2, -0.15) is 0 Å². The summed E-state index contributed by atoms with van der Waals surface area (Å²) in [5.74, 6) is 0.0767. The van der Waals surface area contributed by atoms with E-state index < -0.39 is 0 Å². The Bertz CT molecular complexity index is 571. The van der Waals surface area contributed by atoms with Crippen molar-refractivity contribution in [3.8, 4) is 0 Å². The molecule has 0 radical (unpaired) electrons. The smallest absolute Gasteiger partial charge is 0.241 e. The molecular weight excluding hydrogens is 384 g/mol. The molecule has 138 valence electrons. The van der Waals surface area contributed by atoms with Crippen molar-refractivity contribution < 1.29 is 9.59 Å². The highest BCUT2D eigenvalue weighted by Crippen LogP contribution is 2.15. The van der Waals surface area contributed by atoms with Crippen LogP contribution < -0.4 is 10.6 Å². The summed E-state index contributed by atoms with van der Waals surface area (Å²) < 4.78 is 0.984. The summed E-state index contributed by atoms with van der Waals surface area (Å²) >= 11 is 3.39. The fourth-order valence-electron chi connectivity index (χ4n) is 2.78. The van der Waals surface area contributed by atoms with Gasteiger partial charge in [-0.25, -0.2) is 0 Å². The third kappa shape index (κ3) is 6.41. The van der Waals surface area contributed by atoms with Crippen molar-refractivity contribution in [3.05, 3.63) is 28.7 Å². The number of amides is 2. The number of carbonyl (C=O) groups is 2. The van der Waals surface area contributed by atoms with E-state index in [1.165, 1.54) is 0 Å². The zero-order chi connectivity index (χ0) is 18.2. The van der Waals surface area contributed by atoms with Gasteiger partial charge in [0, 0.05) is 42.9 Å². The quantitative estimate of drug-likeness (QED) is 0.720. The van der Waals surface area contributed by atoms with Gasteiger partial charge in [-0.1, -0.05) is 22.9 Å². The predicted octanol–water partition coefficient (Wildman–Crippen LogP) is 1.92. The molecular formula is C18H27BrN4O2. The highest BCUT2D eigenvalue weighted by atomic mass is 79.9. The summed E-state index contributed by atoms with van der Waals surface area (Å²) in [5, 5.41) is 5.86. The molecule has 7 heteroatoms. The van der Waals surface area contributed by atoms with E-state index in [9.17, 15) is 9.59 Å². The van der Waals surface area contributed by atoms with Crippen LogP contribution in [0.5, 0.6) is 0 Å². The van der Waals surface area contributed by atoms with Crippen molar-refractivity contribution in [1.82, 2.24) is 15.1 Å². The lowest BCUT2D eigenvalue weighted by molar-refractivity contribution is -0.124. The van der Waals surface area contributed by atoms with E-state index in [4.69, 9.17) is 0 Å². The minimum absolute atomic E-state index is 0.00328. The molecule has 0 aliphatic carbocycles. The maximum Gasteiger partial charge on any atom is 0.241 e. The van der Waals surface area contributed by atoms with E-state index in [2.05, 4.69) is 36.4 Å². The van der Waals surface area contributed by atoms with Crippen molar-refractivity contribution in [2.75, 3.05) is 44.6 Å². The molecule has 1 aromatic rings. The van der Waals surface area contributed by atoms with E-state index in [1.54, 1.807) is 0 Å². The van der Waals surface area contributed by atoms with Gasteiger partial charge in [0.2, 0.25) is 11.8 Å². The second-order valence-corrected chi connectivity index (χ2v) is 7.25. The van der Waals surface area contributed by atoms with Crippen molar-refractivity contribution in [3.63, 3.8) is 0 Å². The van der Waals surface area contributed by atoms with Crippen LogP contribution in [0, 0.1) is 0 Å². The first-order valence-corrected chi connectivity index (χ1v) is 9.58. The van der Waals surface area contributed by atoms with Gasteiger partial charge in [0.15, 0.2) is 0 Å². The molecule has 2 rings (SSSR count). The maximum atomic E-state index is 12.4. The standard InChI is InChI=1S/C18H27BrN4O2/c1-3-8-20-17(24)13-22-9-11-23(12-10-22)14(2)18(25)21-16-6-4-15(19)5-7-16/h4-7,14H,3,8-13H2,1-2H3,(H,20,24)(H,21,25)/t14-/m0/s1. The minimum Gasteiger partial charge on any atom is -0.355 e. The van der Waals surface area contributed by atoms with E-state index in [0.717, 1.165) is 49.3 Å². The Balaban J connectivity index is 1.76. The van der Waals surface area contributed by atoms with Crippen LogP contribution in [-0.2, 0) is 9.59 Å². The van der Waals surface area contributed by atoms with Gasteiger partial charge >= 0.3 is 0 Å². The van der Waals surface area contributed by atoms with Crippen LogP contribution in [0.2, 0.25) is 0 Å². The highest BCUT2D eigenvalue weighted by molar-refractivity contribution is 9.10. The van der Waals surface area contributed by atoms with E-state index in [0.29, 0.717) is 6.54 Å². The molecule has 0 spiro atoms. The molecule has 1 fully saturated rings. The molecule has 2 N–H and O–H groups in total. The number of halogens is 1. The van der Waals surface area contributed by atoms with Gasteiger partial charge in [0.05, 0.1) is 12.6 Å². The van der Waals surface area contributed by atoms with Crippen LogP contribution in [-0.4, -0.2) is 66.9 Å². The molecule has 2 amide bonds. The van der Waals surface area contributed by atoms with Gasteiger partial charge in [-0.05, 0) is 37.6 Å². The first kappa shape index (κ1) is 19.9. The number of rotatable bonds is 7. The molecule has 1 aromatic carbocycles. The monoisotopic (exact) mass is 410 g/mol. The van der Waals surface area contributed by atoms with Gasteiger partial charge in [0.1, 0.15) is 0 Å². The second kappa shape index (κ2) is 9.89. The van der Waals surface area contributed by atoms with E-state index in [1.807, 2.05) is 38.1 Å². The van der Waals surface area contributed by atoms with Crippen LogP contribution in [0.3, 0.4) is 0 Å². The average Bonchev–Trinajstić information content (AvgIpc) is 2.62. The number of benzene rings is 1. The number of hydrogen-bond donors (Lipinski definition) is 2. The van der Waals surface area contributed by atoms with Crippen molar-refractivity contribution in [2.45, 2.75) is 26.3 Å². The average molecular weight is 411 g/mol. The summed E-state index contributed by atoms with van der Waals surface area (Å²) in [5.41, 5.74) is 0.797. The predicted molar refractivity (Wildman–Crippen MR) is 104 cm³/mol. The van der Waals surface area contributed by atoms with Gasteiger partial charge in [0.25, 0.3) is 0 Å². The van der Waals surface area contributed by atoms with Crippen molar-refractivity contribution in [1.29, 1.82) is 0 Å². The summed E-state index contributed by atoms with van der Waals surface area (Å²) in [6, 6.07) is 7.37. The zero-order valence-electron chi connectivity index (χ0n) is 14.9. The number of anilines is 1. The molecule has 0 aromatic heterocycles. The van der Waals surface area contributed by atoms with Crippen LogP contribution in [0.25, 0.3) is 0 Å². The molecule has 1 aliphatic heterocycles. The summed E-state index contributed by atoms with van der Waals surface area (Å²) in [4.78, 5) is 28.5. The number of nitrogens with zero attached hydrogens (tertiary/aromatic N) is 2. The Morgan fingerprint density at radius 2 is 1.80 bits per heavy atom. The van der Waals surface area contributed by atoms with Gasteiger partial charge < -0.3 is 10.6 Å². The number of hydrogen-bond acceptors (Lipinski definition) is 4. The summed E-state index contributed by atoms with van der Waals surface area (Å²) in [6.45, 7) is 8.31. The Kier molecular flexibility index (Phi) is 7.87. The minimum atomic E-state index is -0.195. The topological polar surface area (TPSA) is 64.7 Å². The van der Waals surface area contributed by atoms with Crippen LogP contribution in [0.4, 0.5) is 5.69 Å². The number of piperazine rings is 1. The fourth-order valence-corrected chi connectivity index (χ4v) is 3.04. The first-order chi connectivity index (χ1) is 12.0. The Hall–Kier alpha value is -1.44. The lowest BCUT2D eigenvalue weighted by Gasteiger charge is -2.37. The lowest BCUT2D eigenvalue weighted by Crippen LogP contribution is -2.54. The van der Waals surface area contributed by atoms with Crippen molar-refractivity contribution in [2.24, 2.45) is 0 Å². The molecule has 1 aliphatic rings. The molecule has 0 saturated carbocycles. The number of nitrogens with one attached hydrogen (secondary N) is 2. The largest absolute Gasteiger partial charge is 0.355 e. The van der Waals surface area contributed by atoms with Crippen LogP contribution in [0.1, 0.15) is 20.3 Å². The zero-order valence-corrected chi connectivity index (χ0v) is 16.5. The molecule has 6 nitrogen and oxygen atoms in total. The number of carbonyl (C=O) groups excluding carboxylic acids is 2. The summed E-state index contributed by atoms with van der Waals surface area (Å²) in [7, 11) is 0. The van der Waals surface area contributed by atoms with E-state index in [-0.39, 0.29) is 17.9 Å². The SMILES string of the molecule is CCCNC(=O)CN1CCN([C@@H](C)C(=O)Nc2ccc(Br)cc2)CC1. The third-order valence-corrected chi connectivity index (χ3v) is 4.91. The molecule has 1 atom stereocenters. The first-order valence-electron chi connectivity index (χ1n) is 8.79. The van der Waals surface area contributed by atoms with E-state index >= 15 is 0 Å².